The van der Waals surface area contributed by atoms with Crippen molar-refractivity contribution in [3.8, 4) is 18.1 Å². The molecule has 0 unspecified atom stereocenters. The fraction of sp³-hybridized carbons (Fsp3) is 0.0625. The lowest BCUT2D eigenvalue weighted by molar-refractivity contribution is 0.103. The third-order valence-electron chi connectivity index (χ3n) is 2.61. The summed E-state index contributed by atoms with van der Waals surface area (Å²) in [7, 11) is 0. The third kappa shape index (κ3) is 3.14. The first-order chi connectivity index (χ1) is 9.20. The van der Waals surface area contributed by atoms with Crippen LogP contribution in [0.2, 0.25) is 0 Å². The number of benzene rings is 2. The van der Waals surface area contributed by atoms with Crippen LogP contribution < -0.4 is 10.5 Å². The average Bonchev–Trinajstić information content (AvgIpc) is 2.46. The number of hydrogen-bond donors (Lipinski definition) is 1. The number of rotatable bonds is 4. The number of nitrogen functional groups attached to an aromatic ring is 1. The molecule has 0 saturated carbocycles. The minimum Gasteiger partial charge on any atom is -0.481 e. The minimum atomic E-state index is -0.0523. The summed E-state index contributed by atoms with van der Waals surface area (Å²) in [5, 5.41) is 0. The number of terminal acetylenes is 1. The van der Waals surface area contributed by atoms with Gasteiger partial charge >= 0.3 is 0 Å². The molecule has 94 valence electrons. The Bertz CT molecular complexity index is 607. The van der Waals surface area contributed by atoms with Gasteiger partial charge in [0.2, 0.25) is 0 Å². The van der Waals surface area contributed by atoms with E-state index in [9.17, 15) is 4.79 Å². The van der Waals surface area contributed by atoms with Gasteiger partial charge in [-0.05, 0) is 48.5 Å². The maximum Gasteiger partial charge on any atom is 0.193 e. The number of ketones is 1. The number of anilines is 1. The quantitative estimate of drug-likeness (QED) is 0.516. The topological polar surface area (TPSA) is 52.3 Å². The van der Waals surface area contributed by atoms with Crippen molar-refractivity contribution in [2.24, 2.45) is 0 Å². The van der Waals surface area contributed by atoms with Gasteiger partial charge in [0, 0.05) is 16.8 Å². The number of ether oxygens (including phenoxy) is 1. The fourth-order valence-corrected chi connectivity index (χ4v) is 1.63. The van der Waals surface area contributed by atoms with Gasteiger partial charge < -0.3 is 10.5 Å². The predicted molar refractivity (Wildman–Crippen MR) is 75.1 cm³/mol. The van der Waals surface area contributed by atoms with Crippen LogP contribution in [0.3, 0.4) is 0 Å². The van der Waals surface area contributed by atoms with Crippen molar-refractivity contribution in [2.75, 3.05) is 12.3 Å². The number of carbonyl (C=O) groups excluding carboxylic acids is 1. The highest BCUT2D eigenvalue weighted by atomic mass is 16.5. The molecule has 0 bridgehead atoms. The normalized spacial score (nSPS) is 9.63. The Balaban J connectivity index is 2.16. The van der Waals surface area contributed by atoms with Crippen molar-refractivity contribution < 1.29 is 9.53 Å². The Kier molecular flexibility index (Phi) is 3.84. The fourth-order valence-electron chi connectivity index (χ4n) is 1.63. The Labute approximate surface area is 112 Å². The Hall–Kier alpha value is -2.73. The standard InChI is InChI=1S/C16H13NO2/c1-2-11-19-15-9-5-13(6-10-15)16(18)12-3-7-14(17)8-4-12/h1,3-10H,11,17H2. The molecule has 0 aliphatic carbocycles. The van der Waals surface area contributed by atoms with E-state index in [0.717, 1.165) is 0 Å². The van der Waals surface area contributed by atoms with Crippen LogP contribution in [-0.4, -0.2) is 12.4 Å². The monoisotopic (exact) mass is 251 g/mol. The molecule has 0 fully saturated rings. The zero-order chi connectivity index (χ0) is 13.7. The summed E-state index contributed by atoms with van der Waals surface area (Å²) in [6, 6.07) is 13.7. The first-order valence-electron chi connectivity index (χ1n) is 5.77. The molecule has 3 nitrogen and oxygen atoms in total. The second-order valence-corrected chi connectivity index (χ2v) is 3.97. The second kappa shape index (κ2) is 5.74. The van der Waals surface area contributed by atoms with Crippen LogP contribution in [0.5, 0.6) is 5.75 Å². The van der Waals surface area contributed by atoms with E-state index in [1.165, 1.54) is 0 Å². The predicted octanol–water partition coefficient (Wildman–Crippen LogP) is 2.51. The molecule has 2 N–H and O–H groups in total. The Morgan fingerprint density at radius 3 is 2.11 bits per heavy atom. The van der Waals surface area contributed by atoms with Crippen molar-refractivity contribution in [3.05, 3.63) is 59.7 Å². The zero-order valence-corrected chi connectivity index (χ0v) is 10.3. The molecule has 0 saturated heterocycles. The van der Waals surface area contributed by atoms with Gasteiger partial charge in [-0.3, -0.25) is 4.79 Å². The van der Waals surface area contributed by atoms with Crippen LogP contribution in [-0.2, 0) is 0 Å². The maximum atomic E-state index is 12.2. The van der Waals surface area contributed by atoms with Crippen LogP contribution in [0, 0.1) is 12.3 Å². The van der Waals surface area contributed by atoms with Gasteiger partial charge in [-0.25, -0.2) is 0 Å². The molecule has 0 aliphatic rings. The lowest BCUT2D eigenvalue weighted by atomic mass is 10.0. The number of hydrogen-bond acceptors (Lipinski definition) is 3. The van der Waals surface area contributed by atoms with Crippen molar-refractivity contribution in [1.29, 1.82) is 0 Å². The third-order valence-corrected chi connectivity index (χ3v) is 2.61. The van der Waals surface area contributed by atoms with Crippen LogP contribution in [0.25, 0.3) is 0 Å². The van der Waals surface area contributed by atoms with Gasteiger partial charge in [-0.15, -0.1) is 6.42 Å². The molecule has 19 heavy (non-hydrogen) atoms. The lowest BCUT2D eigenvalue weighted by Crippen LogP contribution is -2.01. The first-order valence-corrected chi connectivity index (χ1v) is 5.77. The zero-order valence-electron chi connectivity index (χ0n) is 10.3. The van der Waals surface area contributed by atoms with Crippen LogP contribution in [0.1, 0.15) is 15.9 Å². The van der Waals surface area contributed by atoms with E-state index in [-0.39, 0.29) is 12.4 Å². The highest BCUT2D eigenvalue weighted by molar-refractivity contribution is 6.09. The van der Waals surface area contributed by atoms with E-state index >= 15 is 0 Å². The molecule has 2 aromatic rings. The largest absolute Gasteiger partial charge is 0.481 e. The smallest absolute Gasteiger partial charge is 0.193 e. The summed E-state index contributed by atoms with van der Waals surface area (Å²) < 4.78 is 5.25. The van der Waals surface area contributed by atoms with E-state index in [0.29, 0.717) is 22.6 Å². The highest BCUT2D eigenvalue weighted by Gasteiger charge is 2.08. The Morgan fingerprint density at radius 2 is 1.58 bits per heavy atom. The van der Waals surface area contributed by atoms with Gasteiger partial charge in [0.05, 0.1) is 0 Å². The number of carbonyl (C=O) groups is 1. The second-order valence-electron chi connectivity index (χ2n) is 3.97. The molecule has 0 aromatic heterocycles. The maximum absolute atomic E-state index is 12.2. The molecule has 2 aromatic carbocycles. The minimum absolute atomic E-state index is 0.0523. The molecule has 0 spiro atoms. The van der Waals surface area contributed by atoms with Crippen LogP contribution in [0.4, 0.5) is 5.69 Å². The first kappa shape index (κ1) is 12.7. The summed E-state index contributed by atoms with van der Waals surface area (Å²) in [5.41, 5.74) is 7.42. The van der Waals surface area contributed by atoms with Crippen molar-refractivity contribution >= 4 is 11.5 Å². The summed E-state index contributed by atoms with van der Waals surface area (Å²) in [6.07, 6.45) is 5.10. The van der Waals surface area contributed by atoms with Crippen LogP contribution >= 0.6 is 0 Å². The molecular formula is C16H13NO2. The molecule has 0 radical (unpaired) electrons. The average molecular weight is 251 g/mol. The summed E-state index contributed by atoms with van der Waals surface area (Å²) in [5.74, 6) is 2.98. The summed E-state index contributed by atoms with van der Waals surface area (Å²) in [4.78, 5) is 12.2. The van der Waals surface area contributed by atoms with E-state index in [1.807, 2.05) is 0 Å². The van der Waals surface area contributed by atoms with Gasteiger partial charge in [-0.2, -0.15) is 0 Å². The number of nitrogens with two attached hydrogens (primary N) is 1. The van der Waals surface area contributed by atoms with Crippen molar-refractivity contribution in [3.63, 3.8) is 0 Å². The molecule has 0 heterocycles. The Morgan fingerprint density at radius 1 is 1.05 bits per heavy atom. The van der Waals surface area contributed by atoms with Gasteiger partial charge in [0.1, 0.15) is 12.4 Å². The highest BCUT2D eigenvalue weighted by Crippen LogP contribution is 2.16. The SMILES string of the molecule is C#CCOc1ccc(C(=O)c2ccc(N)cc2)cc1. The van der Waals surface area contributed by atoms with E-state index in [4.69, 9.17) is 16.9 Å². The van der Waals surface area contributed by atoms with Gasteiger partial charge in [0.25, 0.3) is 0 Å². The van der Waals surface area contributed by atoms with E-state index in [2.05, 4.69) is 5.92 Å². The van der Waals surface area contributed by atoms with E-state index in [1.54, 1.807) is 48.5 Å². The molecule has 0 atom stereocenters. The molecule has 2 rings (SSSR count). The van der Waals surface area contributed by atoms with Gasteiger partial charge in [0.15, 0.2) is 5.78 Å². The van der Waals surface area contributed by atoms with Crippen molar-refractivity contribution in [1.82, 2.24) is 0 Å². The van der Waals surface area contributed by atoms with Crippen LogP contribution in [0.15, 0.2) is 48.5 Å². The summed E-state index contributed by atoms with van der Waals surface area (Å²) in [6.45, 7) is 0.214. The molecule has 0 aliphatic heterocycles. The molecule has 0 amide bonds. The molecular weight excluding hydrogens is 238 g/mol. The van der Waals surface area contributed by atoms with Crippen molar-refractivity contribution in [2.45, 2.75) is 0 Å². The van der Waals surface area contributed by atoms with E-state index < -0.39 is 0 Å². The molecule has 3 heteroatoms. The van der Waals surface area contributed by atoms with Gasteiger partial charge in [-0.1, -0.05) is 5.92 Å². The lowest BCUT2D eigenvalue weighted by Gasteiger charge is -2.04. The summed E-state index contributed by atoms with van der Waals surface area (Å²) >= 11 is 0.